The Balaban J connectivity index is 2.96. The Labute approximate surface area is 89.1 Å². The molecule has 0 spiro atoms. The number of rotatable bonds is 1. The number of aryl methyl sites for hydroxylation is 1. The molecular formula is C9H8ClNO4. The summed E-state index contributed by atoms with van der Waals surface area (Å²) < 4.78 is 6.21. The second-order valence-corrected chi connectivity index (χ2v) is 3.40. The van der Waals surface area contributed by atoms with Gasteiger partial charge in [0, 0.05) is 6.07 Å². The maximum absolute atomic E-state index is 11.6. The minimum absolute atomic E-state index is 0.0822. The van der Waals surface area contributed by atoms with Crippen molar-refractivity contribution in [2.75, 3.05) is 0 Å². The molecule has 0 bridgehead atoms. The zero-order valence-corrected chi connectivity index (χ0v) is 8.58. The lowest BCUT2D eigenvalue weighted by molar-refractivity contribution is 0.292. The number of phenols is 2. The Morgan fingerprint density at radius 2 is 2.20 bits per heavy atom. The number of fused-ring (bicyclic) bond motifs is 1. The van der Waals surface area contributed by atoms with Gasteiger partial charge in [-0.25, -0.2) is 0 Å². The van der Waals surface area contributed by atoms with Crippen LogP contribution in [0.3, 0.4) is 0 Å². The van der Waals surface area contributed by atoms with Gasteiger partial charge < -0.3 is 14.7 Å². The minimum Gasteiger partial charge on any atom is -0.504 e. The van der Waals surface area contributed by atoms with Crippen LogP contribution in [0.5, 0.6) is 11.5 Å². The first kappa shape index (κ1) is 9.92. The van der Waals surface area contributed by atoms with Gasteiger partial charge in [-0.1, -0.05) is 11.6 Å². The molecule has 0 atom stereocenters. The fourth-order valence-electron chi connectivity index (χ4n) is 1.35. The van der Waals surface area contributed by atoms with Crippen LogP contribution in [0.4, 0.5) is 0 Å². The zero-order chi connectivity index (χ0) is 11.2. The largest absolute Gasteiger partial charge is 0.504 e. The van der Waals surface area contributed by atoms with E-state index >= 15 is 0 Å². The second-order valence-electron chi connectivity index (χ2n) is 3.03. The summed E-state index contributed by atoms with van der Waals surface area (Å²) in [6.45, 7) is 2.09. The highest BCUT2D eigenvalue weighted by Gasteiger charge is 2.17. The van der Waals surface area contributed by atoms with Gasteiger partial charge in [-0.3, -0.25) is 4.79 Å². The summed E-state index contributed by atoms with van der Waals surface area (Å²) in [5.41, 5.74) is -0.302. The van der Waals surface area contributed by atoms with E-state index in [1.165, 1.54) is 0 Å². The van der Waals surface area contributed by atoms with Crippen LogP contribution in [0.15, 0.2) is 15.4 Å². The minimum atomic E-state index is -0.485. The van der Waals surface area contributed by atoms with Crippen molar-refractivity contribution in [1.82, 2.24) is 4.74 Å². The second kappa shape index (κ2) is 3.20. The molecule has 2 rings (SSSR count). The van der Waals surface area contributed by atoms with Crippen molar-refractivity contribution in [2.24, 2.45) is 0 Å². The molecule has 0 radical (unpaired) electrons. The number of aromatic hydroxyl groups is 2. The summed E-state index contributed by atoms with van der Waals surface area (Å²) >= 11 is 5.72. The van der Waals surface area contributed by atoms with Crippen LogP contribution in [0, 0.1) is 0 Å². The van der Waals surface area contributed by atoms with E-state index in [1.807, 2.05) is 0 Å². The predicted molar refractivity (Wildman–Crippen MR) is 54.5 cm³/mol. The number of benzene rings is 1. The molecule has 0 aliphatic heterocycles. The molecule has 0 unspecified atom stereocenters. The first-order chi connectivity index (χ1) is 7.06. The van der Waals surface area contributed by atoms with Gasteiger partial charge in [0.05, 0.1) is 11.9 Å². The molecule has 0 aliphatic rings. The molecular weight excluding hydrogens is 222 g/mol. The molecule has 5 nitrogen and oxygen atoms in total. The third kappa shape index (κ3) is 1.27. The van der Waals surface area contributed by atoms with Crippen molar-refractivity contribution in [3.8, 4) is 11.5 Å². The van der Waals surface area contributed by atoms with Gasteiger partial charge >= 0.3 is 0 Å². The summed E-state index contributed by atoms with van der Waals surface area (Å²) in [6, 6.07) is 1.13. The monoisotopic (exact) mass is 229 g/mol. The fourth-order valence-corrected chi connectivity index (χ4v) is 1.58. The van der Waals surface area contributed by atoms with E-state index in [-0.39, 0.29) is 21.6 Å². The molecule has 15 heavy (non-hydrogen) atoms. The summed E-state index contributed by atoms with van der Waals surface area (Å²) in [4.78, 5) is 11.6. The van der Waals surface area contributed by atoms with Crippen molar-refractivity contribution in [3.05, 3.63) is 21.4 Å². The Morgan fingerprint density at radius 3 is 2.80 bits per heavy atom. The molecule has 1 aromatic heterocycles. The van der Waals surface area contributed by atoms with E-state index in [0.717, 1.165) is 10.8 Å². The highest BCUT2D eigenvalue weighted by atomic mass is 35.5. The lowest BCUT2D eigenvalue weighted by atomic mass is 10.2. The van der Waals surface area contributed by atoms with Gasteiger partial charge in [0.25, 0.3) is 5.56 Å². The molecule has 2 N–H and O–H groups in total. The summed E-state index contributed by atoms with van der Waals surface area (Å²) in [6.07, 6.45) is 0. The van der Waals surface area contributed by atoms with E-state index < -0.39 is 11.5 Å². The molecule has 80 valence electrons. The Kier molecular flexibility index (Phi) is 2.12. The smallest absolute Gasteiger partial charge is 0.290 e. The van der Waals surface area contributed by atoms with Gasteiger partial charge in [0.2, 0.25) is 0 Å². The number of hydrogen-bond donors (Lipinski definition) is 2. The Hall–Kier alpha value is -1.62. The van der Waals surface area contributed by atoms with Gasteiger partial charge in [-0.2, -0.15) is 4.74 Å². The molecule has 0 fully saturated rings. The van der Waals surface area contributed by atoms with Crippen molar-refractivity contribution < 1.29 is 14.7 Å². The van der Waals surface area contributed by atoms with Crippen LogP contribution >= 0.6 is 11.6 Å². The Morgan fingerprint density at radius 1 is 1.53 bits per heavy atom. The van der Waals surface area contributed by atoms with Crippen LogP contribution in [-0.2, 0) is 6.54 Å². The number of nitrogens with zero attached hydrogens (tertiary/aromatic N) is 1. The average molecular weight is 230 g/mol. The van der Waals surface area contributed by atoms with Crippen molar-refractivity contribution in [1.29, 1.82) is 0 Å². The van der Waals surface area contributed by atoms with Gasteiger partial charge in [0.15, 0.2) is 17.1 Å². The first-order valence-electron chi connectivity index (χ1n) is 4.30. The molecule has 1 aromatic carbocycles. The lowest BCUT2D eigenvalue weighted by Gasteiger charge is -1.98. The molecule has 0 amide bonds. The molecule has 2 aromatic rings. The van der Waals surface area contributed by atoms with Crippen molar-refractivity contribution in [2.45, 2.75) is 13.5 Å². The quantitative estimate of drug-likeness (QED) is 0.730. The molecule has 0 saturated heterocycles. The van der Waals surface area contributed by atoms with Crippen LogP contribution in [-0.4, -0.2) is 15.0 Å². The number of halogens is 1. The maximum Gasteiger partial charge on any atom is 0.290 e. The molecule has 6 heteroatoms. The van der Waals surface area contributed by atoms with E-state index in [4.69, 9.17) is 16.1 Å². The number of phenolic OH excluding ortho intramolecular Hbond substituents is 2. The average Bonchev–Trinajstić information content (AvgIpc) is 2.53. The van der Waals surface area contributed by atoms with Crippen LogP contribution in [0.25, 0.3) is 11.0 Å². The third-order valence-electron chi connectivity index (χ3n) is 2.12. The first-order valence-corrected chi connectivity index (χ1v) is 4.68. The molecule has 0 saturated carbocycles. The standard InChI is InChI=1S/C9H8ClNO4/c1-2-11-9(14)4-3-5(12)7(13)6(10)8(4)15-11/h3,12-13H,2H2,1H3. The van der Waals surface area contributed by atoms with Crippen molar-refractivity contribution in [3.63, 3.8) is 0 Å². The highest BCUT2D eigenvalue weighted by molar-refractivity contribution is 6.36. The summed E-state index contributed by atoms with van der Waals surface area (Å²) in [5.74, 6) is -0.921. The van der Waals surface area contributed by atoms with Gasteiger partial charge in [0.1, 0.15) is 5.02 Å². The molecule has 1 heterocycles. The highest BCUT2D eigenvalue weighted by Crippen LogP contribution is 2.38. The zero-order valence-electron chi connectivity index (χ0n) is 7.82. The van der Waals surface area contributed by atoms with Crippen LogP contribution < -0.4 is 5.56 Å². The van der Waals surface area contributed by atoms with E-state index in [0.29, 0.717) is 6.54 Å². The number of hydrogen-bond acceptors (Lipinski definition) is 4. The maximum atomic E-state index is 11.6. The van der Waals surface area contributed by atoms with Gasteiger partial charge in [-0.05, 0) is 6.92 Å². The van der Waals surface area contributed by atoms with Gasteiger partial charge in [-0.15, -0.1) is 0 Å². The van der Waals surface area contributed by atoms with E-state index in [1.54, 1.807) is 6.92 Å². The molecule has 0 aliphatic carbocycles. The van der Waals surface area contributed by atoms with E-state index in [2.05, 4.69) is 0 Å². The van der Waals surface area contributed by atoms with E-state index in [9.17, 15) is 15.0 Å². The normalized spacial score (nSPS) is 11.1. The third-order valence-corrected chi connectivity index (χ3v) is 2.47. The Bertz CT molecular complexity index is 584. The van der Waals surface area contributed by atoms with Crippen LogP contribution in [0.1, 0.15) is 6.92 Å². The van der Waals surface area contributed by atoms with Crippen LogP contribution in [0.2, 0.25) is 5.02 Å². The topological polar surface area (TPSA) is 75.6 Å². The lowest BCUT2D eigenvalue weighted by Crippen LogP contribution is -2.12. The fraction of sp³-hybridized carbons (Fsp3) is 0.222. The summed E-state index contributed by atoms with van der Waals surface area (Å²) in [5, 5.41) is 18.6. The summed E-state index contributed by atoms with van der Waals surface area (Å²) in [7, 11) is 0. The predicted octanol–water partition coefficient (Wildman–Crippen LogP) is 1.68. The number of aromatic nitrogens is 1. The van der Waals surface area contributed by atoms with Crippen molar-refractivity contribution >= 4 is 22.6 Å². The SMILES string of the molecule is CCn1oc2c(Cl)c(O)c(O)cc2c1=O.